The second kappa shape index (κ2) is 4.91. The molecule has 1 N–H and O–H groups in total. The van der Waals surface area contributed by atoms with E-state index in [1.807, 2.05) is 0 Å². The molecule has 18 heavy (non-hydrogen) atoms. The van der Waals surface area contributed by atoms with Gasteiger partial charge in [0.25, 0.3) is 6.43 Å². The Kier molecular flexibility index (Phi) is 3.32. The lowest BCUT2D eigenvalue weighted by Gasteiger charge is -2.07. The van der Waals surface area contributed by atoms with Crippen molar-refractivity contribution < 1.29 is 18.7 Å². The first kappa shape index (κ1) is 12.2. The lowest BCUT2D eigenvalue weighted by Crippen LogP contribution is -1.99. The number of aromatic nitrogens is 1. The minimum absolute atomic E-state index is 0.0608. The summed E-state index contributed by atoms with van der Waals surface area (Å²) in [5, 5.41) is 9.04. The number of pyridine rings is 1. The van der Waals surface area contributed by atoms with Crippen molar-refractivity contribution in [1.29, 1.82) is 0 Å². The van der Waals surface area contributed by atoms with Crippen LogP contribution in [-0.2, 0) is 0 Å². The Morgan fingerprint density at radius 1 is 1.22 bits per heavy atom. The molecule has 0 bridgehead atoms. The summed E-state index contributed by atoms with van der Waals surface area (Å²) in [5.41, 5.74) is 0.573. The molecule has 92 valence electrons. The molecule has 1 aromatic heterocycles. The van der Waals surface area contributed by atoms with Crippen LogP contribution in [0.1, 0.15) is 22.3 Å². The number of hydrogen-bond acceptors (Lipinski definition) is 2. The largest absolute Gasteiger partial charge is 0.478 e. The number of carboxylic acids is 1. The van der Waals surface area contributed by atoms with Crippen LogP contribution in [0.4, 0.5) is 8.78 Å². The third-order valence-electron chi connectivity index (χ3n) is 2.48. The van der Waals surface area contributed by atoms with Crippen LogP contribution in [0.25, 0.3) is 11.1 Å². The first-order chi connectivity index (χ1) is 8.59. The molecule has 2 aromatic rings. The second-order valence-electron chi connectivity index (χ2n) is 3.66. The molecule has 0 amide bonds. The van der Waals surface area contributed by atoms with Crippen molar-refractivity contribution in [2.45, 2.75) is 6.43 Å². The topological polar surface area (TPSA) is 50.2 Å². The number of benzene rings is 1. The molecule has 1 heterocycles. The monoisotopic (exact) mass is 249 g/mol. The zero-order valence-corrected chi connectivity index (χ0v) is 9.18. The maximum atomic E-state index is 12.6. The highest BCUT2D eigenvalue weighted by molar-refractivity contribution is 5.95. The molecule has 1 aromatic carbocycles. The maximum Gasteiger partial charge on any atom is 0.336 e. The van der Waals surface area contributed by atoms with E-state index in [0.717, 1.165) is 6.20 Å². The second-order valence-corrected chi connectivity index (χ2v) is 3.66. The van der Waals surface area contributed by atoms with Crippen molar-refractivity contribution in [2.75, 3.05) is 0 Å². The summed E-state index contributed by atoms with van der Waals surface area (Å²) < 4.78 is 25.1. The summed E-state index contributed by atoms with van der Waals surface area (Å²) >= 11 is 0. The van der Waals surface area contributed by atoms with E-state index in [0.29, 0.717) is 11.1 Å². The van der Waals surface area contributed by atoms with Gasteiger partial charge in [-0.2, -0.15) is 0 Å². The van der Waals surface area contributed by atoms with Crippen molar-refractivity contribution >= 4 is 5.97 Å². The fraction of sp³-hybridized carbons (Fsp3) is 0.0769. The smallest absolute Gasteiger partial charge is 0.336 e. The van der Waals surface area contributed by atoms with E-state index in [-0.39, 0.29) is 11.1 Å². The standard InChI is InChI=1S/C13H9F2NO2/c14-12(15)9-5-8(6-16-7-9)10-3-1-2-4-11(10)13(17)18/h1-7,12H,(H,17,18). The van der Waals surface area contributed by atoms with Gasteiger partial charge in [0.1, 0.15) is 0 Å². The Hall–Kier alpha value is -2.30. The average molecular weight is 249 g/mol. The minimum Gasteiger partial charge on any atom is -0.478 e. The molecule has 0 spiro atoms. The molecular weight excluding hydrogens is 240 g/mol. The number of hydrogen-bond donors (Lipinski definition) is 1. The van der Waals surface area contributed by atoms with Crippen LogP contribution in [0.3, 0.4) is 0 Å². The zero-order valence-electron chi connectivity index (χ0n) is 9.18. The number of alkyl halides is 2. The molecule has 5 heteroatoms. The van der Waals surface area contributed by atoms with E-state index < -0.39 is 12.4 Å². The number of carbonyl (C=O) groups is 1. The van der Waals surface area contributed by atoms with Gasteiger partial charge in [-0.05, 0) is 17.7 Å². The highest BCUT2D eigenvalue weighted by Gasteiger charge is 2.13. The molecule has 3 nitrogen and oxygen atoms in total. The molecule has 0 saturated carbocycles. The Morgan fingerprint density at radius 3 is 2.61 bits per heavy atom. The molecule has 0 aliphatic rings. The number of aromatic carboxylic acids is 1. The lowest BCUT2D eigenvalue weighted by molar-refractivity contribution is 0.0697. The van der Waals surface area contributed by atoms with E-state index in [1.54, 1.807) is 18.2 Å². The Balaban J connectivity index is 2.55. The van der Waals surface area contributed by atoms with Gasteiger partial charge in [-0.3, -0.25) is 4.98 Å². The number of rotatable bonds is 3. The molecule has 0 saturated heterocycles. The Bertz CT molecular complexity index is 585. The summed E-state index contributed by atoms with van der Waals surface area (Å²) in [7, 11) is 0. The highest BCUT2D eigenvalue weighted by Crippen LogP contribution is 2.27. The van der Waals surface area contributed by atoms with Crippen LogP contribution in [0, 0.1) is 0 Å². The van der Waals surface area contributed by atoms with Gasteiger partial charge in [0.2, 0.25) is 0 Å². The van der Waals surface area contributed by atoms with Gasteiger partial charge in [-0.25, -0.2) is 13.6 Å². The van der Waals surface area contributed by atoms with Crippen molar-refractivity contribution in [1.82, 2.24) is 4.98 Å². The van der Waals surface area contributed by atoms with E-state index in [1.165, 1.54) is 18.3 Å². The molecule has 2 rings (SSSR count). The van der Waals surface area contributed by atoms with Gasteiger partial charge in [0.05, 0.1) is 5.56 Å². The molecule has 0 aliphatic heterocycles. The summed E-state index contributed by atoms with van der Waals surface area (Å²) in [6.45, 7) is 0. The fourth-order valence-corrected chi connectivity index (χ4v) is 1.65. The number of halogens is 2. The zero-order chi connectivity index (χ0) is 13.1. The van der Waals surface area contributed by atoms with Crippen LogP contribution in [0.2, 0.25) is 0 Å². The van der Waals surface area contributed by atoms with Gasteiger partial charge in [-0.15, -0.1) is 0 Å². The summed E-state index contributed by atoms with van der Waals surface area (Å²) in [4.78, 5) is 14.8. The first-order valence-electron chi connectivity index (χ1n) is 5.15. The summed E-state index contributed by atoms with van der Waals surface area (Å²) in [6.07, 6.45) is -0.194. The molecule has 0 unspecified atom stereocenters. The predicted molar refractivity (Wildman–Crippen MR) is 61.6 cm³/mol. The maximum absolute atomic E-state index is 12.6. The van der Waals surface area contributed by atoms with E-state index >= 15 is 0 Å². The van der Waals surface area contributed by atoms with Crippen molar-refractivity contribution in [3.63, 3.8) is 0 Å². The predicted octanol–water partition coefficient (Wildman–Crippen LogP) is 3.38. The van der Waals surface area contributed by atoms with E-state index in [9.17, 15) is 13.6 Å². The average Bonchev–Trinajstić information content (AvgIpc) is 2.39. The summed E-state index contributed by atoms with van der Waals surface area (Å²) in [6, 6.07) is 7.47. The number of carboxylic acid groups (broad SMARTS) is 1. The van der Waals surface area contributed by atoms with Crippen molar-refractivity contribution in [3.05, 3.63) is 53.9 Å². The minimum atomic E-state index is -2.63. The van der Waals surface area contributed by atoms with Crippen LogP contribution in [0.15, 0.2) is 42.7 Å². The molecular formula is C13H9F2NO2. The van der Waals surface area contributed by atoms with Crippen molar-refractivity contribution in [2.24, 2.45) is 0 Å². The normalized spacial score (nSPS) is 10.6. The van der Waals surface area contributed by atoms with Gasteiger partial charge >= 0.3 is 5.97 Å². The van der Waals surface area contributed by atoms with Gasteiger partial charge < -0.3 is 5.11 Å². The van der Waals surface area contributed by atoms with E-state index in [2.05, 4.69) is 4.98 Å². The Labute approximate surface area is 102 Å². The van der Waals surface area contributed by atoms with Crippen LogP contribution >= 0.6 is 0 Å². The number of nitrogens with zero attached hydrogens (tertiary/aromatic N) is 1. The molecule has 0 fully saturated rings. The van der Waals surface area contributed by atoms with Crippen molar-refractivity contribution in [3.8, 4) is 11.1 Å². The van der Waals surface area contributed by atoms with Gasteiger partial charge in [0, 0.05) is 23.5 Å². The lowest BCUT2D eigenvalue weighted by atomic mass is 10.0. The molecule has 0 radical (unpaired) electrons. The molecule has 0 atom stereocenters. The highest BCUT2D eigenvalue weighted by atomic mass is 19.3. The fourth-order valence-electron chi connectivity index (χ4n) is 1.65. The van der Waals surface area contributed by atoms with Crippen LogP contribution < -0.4 is 0 Å². The Morgan fingerprint density at radius 2 is 1.94 bits per heavy atom. The SMILES string of the molecule is O=C(O)c1ccccc1-c1cncc(C(F)F)c1. The molecule has 0 aliphatic carbocycles. The summed E-state index contributed by atoms with van der Waals surface area (Å²) in [5.74, 6) is -1.10. The van der Waals surface area contributed by atoms with E-state index in [4.69, 9.17) is 5.11 Å². The first-order valence-corrected chi connectivity index (χ1v) is 5.15. The van der Waals surface area contributed by atoms with Crippen LogP contribution in [0.5, 0.6) is 0 Å². The quantitative estimate of drug-likeness (QED) is 0.907. The van der Waals surface area contributed by atoms with Crippen LogP contribution in [-0.4, -0.2) is 16.1 Å². The third kappa shape index (κ3) is 2.34. The third-order valence-corrected chi connectivity index (χ3v) is 2.48. The van der Waals surface area contributed by atoms with Gasteiger partial charge in [0.15, 0.2) is 0 Å². The van der Waals surface area contributed by atoms with Gasteiger partial charge in [-0.1, -0.05) is 18.2 Å².